The summed E-state index contributed by atoms with van der Waals surface area (Å²) in [5.74, 6) is -1.24. The minimum atomic E-state index is -3.86. The Balaban J connectivity index is 3.05. The van der Waals surface area contributed by atoms with Gasteiger partial charge in [0, 0.05) is 5.02 Å². The van der Waals surface area contributed by atoms with Crippen molar-refractivity contribution in [2.24, 2.45) is 0 Å². The maximum Gasteiger partial charge on any atom is 0.321 e. The molecule has 1 rings (SSSR count). The summed E-state index contributed by atoms with van der Waals surface area (Å²) in [5.41, 5.74) is 0.747. The lowest BCUT2D eigenvalue weighted by atomic mass is 10.2. The van der Waals surface area contributed by atoms with E-state index in [1.165, 1.54) is 19.1 Å². The first kappa shape index (κ1) is 14.0. The lowest BCUT2D eigenvalue weighted by Gasteiger charge is -2.10. The second kappa shape index (κ2) is 5.03. The highest BCUT2D eigenvalue weighted by molar-refractivity contribution is 7.89. The van der Waals surface area contributed by atoms with Crippen LogP contribution in [0.3, 0.4) is 0 Å². The van der Waals surface area contributed by atoms with Crippen LogP contribution >= 0.6 is 11.6 Å². The largest absolute Gasteiger partial charge is 0.480 e. The van der Waals surface area contributed by atoms with E-state index in [4.69, 9.17) is 16.7 Å². The molecule has 17 heavy (non-hydrogen) atoms. The lowest BCUT2D eigenvalue weighted by molar-refractivity contribution is -0.138. The van der Waals surface area contributed by atoms with Gasteiger partial charge in [-0.15, -0.1) is 0 Å². The zero-order valence-electron chi connectivity index (χ0n) is 9.27. The van der Waals surface area contributed by atoms with Gasteiger partial charge in [-0.1, -0.05) is 17.7 Å². The molecule has 0 saturated heterocycles. The number of aliphatic carboxylic acids is 1. The summed E-state index contributed by atoms with van der Waals surface area (Å²) in [7, 11) is -3.86. The Labute approximate surface area is 104 Å². The zero-order valence-corrected chi connectivity index (χ0v) is 10.8. The van der Waals surface area contributed by atoms with Crippen molar-refractivity contribution < 1.29 is 18.3 Å². The molecule has 2 N–H and O–H groups in total. The Morgan fingerprint density at radius 1 is 1.47 bits per heavy atom. The van der Waals surface area contributed by atoms with Crippen molar-refractivity contribution in [2.45, 2.75) is 24.8 Å². The number of rotatable bonds is 4. The van der Waals surface area contributed by atoms with Gasteiger partial charge in [-0.05, 0) is 31.5 Å². The summed E-state index contributed by atoms with van der Waals surface area (Å²) in [4.78, 5) is 10.5. The number of nitrogens with one attached hydrogen (secondary N) is 1. The molecule has 0 aromatic heterocycles. The van der Waals surface area contributed by atoms with Crippen molar-refractivity contribution in [3.63, 3.8) is 0 Å². The van der Waals surface area contributed by atoms with Gasteiger partial charge in [0.15, 0.2) is 0 Å². The van der Waals surface area contributed by atoms with Crippen LogP contribution in [0.1, 0.15) is 12.5 Å². The van der Waals surface area contributed by atoms with Crippen LogP contribution in [0.25, 0.3) is 0 Å². The first-order valence-corrected chi connectivity index (χ1v) is 6.61. The number of hydrogen-bond donors (Lipinski definition) is 2. The van der Waals surface area contributed by atoms with Crippen molar-refractivity contribution in [1.82, 2.24) is 4.72 Å². The van der Waals surface area contributed by atoms with E-state index in [2.05, 4.69) is 0 Å². The fourth-order valence-corrected chi connectivity index (χ4v) is 2.56. The van der Waals surface area contributed by atoms with Crippen LogP contribution in [0.15, 0.2) is 23.1 Å². The van der Waals surface area contributed by atoms with Gasteiger partial charge in [-0.2, -0.15) is 4.72 Å². The van der Waals surface area contributed by atoms with Crippen LogP contribution in [-0.4, -0.2) is 25.5 Å². The van der Waals surface area contributed by atoms with E-state index in [1.54, 1.807) is 13.0 Å². The quantitative estimate of drug-likeness (QED) is 0.871. The summed E-state index contributed by atoms with van der Waals surface area (Å²) < 4.78 is 25.6. The van der Waals surface area contributed by atoms with Crippen LogP contribution in [-0.2, 0) is 14.8 Å². The van der Waals surface area contributed by atoms with Gasteiger partial charge in [-0.25, -0.2) is 8.42 Å². The summed E-state index contributed by atoms with van der Waals surface area (Å²) in [6.07, 6.45) is 0. The monoisotopic (exact) mass is 277 g/mol. The van der Waals surface area contributed by atoms with Crippen LogP contribution < -0.4 is 4.72 Å². The molecule has 0 bridgehead atoms. The molecule has 0 saturated carbocycles. The normalized spacial score (nSPS) is 13.4. The van der Waals surface area contributed by atoms with Crippen molar-refractivity contribution in [2.75, 3.05) is 0 Å². The zero-order chi connectivity index (χ0) is 13.2. The molecular weight excluding hydrogens is 266 g/mol. The second-order valence-electron chi connectivity index (χ2n) is 3.59. The van der Waals surface area contributed by atoms with Gasteiger partial charge in [0.25, 0.3) is 0 Å². The van der Waals surface area contributed by atoms with Gasteiger partial charge >= 0.3 is 5.97 Å². The van der Waals surface area contributed by atoms with Gasteiger partial charge in [0.1, 0.15) is 6.04 Å². The molecular formula is C10H12ClNO4S. The van der Waals surface area contributed by atoms with E-state index < -0.39 is 22.0 Å². The lowest BCUT2D eigenvalue weighted by Crippen LogP contribution is -2.38. The predicted octanol–water partition coefficient (Wildman–Crippen LogP) is 1.40. The number of halogens is 1. The second-order valence-corrected chi connectivity index (χ2v) is 5.71. The van der Waals surface area contributed by atoms with E-state index in [0.29, 0.717) is 5.02 Å². The topological polar surface area (TPSA) is 83.5 Å². The van der Waals surface area contributed by atoms with E-state index in [0.717, 1.165) is 5.56 Å². The number of carbonyl (C=O) groups is 1. The Hall–Kier alpha value is -1.11. The van der Waals surface area contributed by atoms with Crippen LogP contribution in [0.4, 0.5) is 0 Å². The van der Waals surface area contributed by atoms with Crippen LogP contribution in [0.2, 0.25) is 5.02 Å². The smallest absolute Gasteiger partial charge is 0.321 e. The van der Waals surface area contributed by atoms with Crippen molar-refractivity contribution in [1.29, 1.82) is 0 Å². The molecule has 1 atom stereocenters. The van der Waals surface area contributed by atoms with E-state index in [-0.39, 0.29) is 4.90 Å². The molecule has 0 aliphatic carbocycles. The number of carboxylic acid groups (broad SMARTS) is 1. The maximum atomic E-state index is 11.8. The molecule has 7 heteroatoms. The summed E-state index contributed by atoms with van der Waals surface area (Å²) in [5, 5.41) is 8.95. The summed E-state index contributed by atoms with van der Waals surface area (Å²) in [6, 6.07) is 3.02. The Morgan fingerprint density at radius 2 is 2.06 bits per heavy atom. The Morgan fingerprint density at radius 3 is 2.53 bits per heavy atom. The van der Waals surface area contributed by atoms with Gasteiger partial charge in [0.05, 0.1) is 4.90 Å². The Kier molecular flexibility index (Phi) is 4.13. The molecule has 0 aliphatic rings. The number of sulfonamides is 1. The minimum Gasteiger partial charge on any atom is -0.480 e. The van der Waals surface area contributed by atoms with E-state index >= 15 is 0 Å². The number of benzene rings is 1. The first-order valence-electron chi connectivity index (χ1n) is 4.75. The molecule has 1 aromatic carbocycles. The van der Waals surface area contributed by atoms with Crippen LogP contribution in [0.5, 0.6) is 0 Å². The third-order valence-electron chi connectivity index (χ3n) is 2.16. The van der Waals surface area contributed by atoms with Crippen LogP contribution in [0, 0.1) is 6.92 Å². The molecule has 0 unspecified atom stereocenters. The van der Waals surface area contributed by atoms with Crippen molar-refractivity contribution >= 4 is 27.6 Å². The van der Waals surface area contributed by atoms with Crippen molar-refractivity contribution in [3.05, 3.63) is 28.8 Å². The SMILES string of the molecule is Cc1ccc(S(=O)(=O)N[C@@H](C)C(=O)O)cc1Cl. The Bertz CT molecular complexity index is 541. The molecule has 94 valence electrons. The molecule has 0 radical (unpaired) electrons. The fraction of sp³-hybridized carbons (Fsp3) is 0.300. The number of carboxylic acids is 1. The average molecular weight is 278 g/mol. The molecule has 0 heterocycles. The highest BCUT2D eigenvalue weighted by Gasteiger charge is 2.21. The van der Waals surface area contributed by atoms with Gasteiger partial charge in [0.2, 0.25) is 10.0 Å². The molecule has 1 aromatic rings. The van der Waals surface area contributed by atoms with Gasteiger partial charge in [-0.3, -0.25) is 4.79 Å². The van der Waals surface area contributed by atoms with Gasteiger partial charge < -0.3 is 5.11 Å². The number of aryl methyl sites for hydroxylation is 1. The molecule has 0 aliphatic heterocycles. The molecule has 0 amide bonds. The predicted molar refractivity (Wildman–Crippen MR) is 63.6 cm³/mol. The maximum absolute atomic E-state index is 11.8. The molecule has 5 nitrogen and oxygen atoms in total. The fourth-order valence-electron chi connectivity index (χ4n) is 1.09. The highest BCUT2D eigenvalue weighted by atomic mass is 35.5. The number of hydrogen-bond acceptors (Lipinski definition) is 3. The van der Waals surface area contributed by atoms with Crippen molar-refractivity contribution in [3.8, 4) is 0 Å². The molecule has 0 spiro atoms. The summed E-state index contributed by atoms with van der Waals surface area (Å²) >= 11 is 5.81. The average Bonchev–Trinajstić information content (AvgIpc) is 2.21. The molecule has 0 fully saturated rings. The standard InChI is InChI=1S/C10H12ClNO4S/c1-6-3-4-8(5-9(6)11)17(15,16)12-7(2)10(13)14/h3-5,7,12H,1-2H3,(H,13,14)/t7-/m0/s1. The van der Waals surface area contributed by atoms with E-state index in [9.17, 15) is 13.2 Å². The third kappa shape index (κ3) is 3.42. The highest BCUT2D eigenvalue weighted by Crippen LogP contribution is 2.19. The third-order valence-corrected chi connectivity index (χ3v) is 4.10. The summed E-state index contributed by atoms with van der Waals surface area (Å²) in [6.45, 7) is 2.99. The first-order chi connectivity index (χ1) is 7.74. The minimum absolute atomic E-state index is 0.0544. The van der Waals surface area contributed by atoms with E-state index in [1.807, 2.05) is 4.72 Å².